The fourth-order valence-electron chi connectivity index (χ4n) is 1.46. The van der Waals surface area contributed by atoms with Gasteiger partial charge in [-0.25, -0.2) is 0 Å². The van der Waals surface area contributed by atoms with Crippen LogP contribution in [0.1, 0.15) is 23.2 Å². The standard InChI is InChI=1S/C11H13NO/c1-12(11-6-7-11)10-4-2-9(8-13)3-5-10/h2-5,8,11H,6-7H2,1H3. The highest BCUT2D eigenvalue weighted by molar-refractivity contribution is 5.75. The van der Waals surface area contributed by atoms with Crippen molar-refractivity contribution in [3.63, 3.8) is 0 Å². The third-order valence-corrected chi connectivity index (χ3v) is 2.53. The summed E-state index contributed by atoms with van der Waals surface area (Å²) in [5.74, 6) is 0. The van der Waals surface area contributed by atoms with Gasteiger partial charge in [0, 0.05) is 24.3 Å². The number of anilines is 1. The van der Waals surface area contributed by atoms with Crippen molar-refractivity contribution in [2.45, 2.75) is 18.9 Å². The number of hydrogen-bond acceptors (Lipinski definition) is 2. The molecule has 2 heteroatoms. The number of carbonyl (C=O) groups is 1. The zero-order chi connectivity index (χ0) is 9.26. The first-order chi connectivity index (χ1) is 6.31. The van der Waals surface area contributed by atoms with Gasteiger partial charge in [-0.3, -0.25) is 4.79 Å². The van der Waals surface area contributed by atoms with Crippen LogP contribution in [-0.2, 0) is 0 Å². The Kier molecular flexibility index (Phi) is 2.05. The highest BCUT2D eigenvalue weighted by atomic mass is 16.1. The Morgan fingerprint density at radius 2 is 1.92 bits per heavy atom. The van der Waals surface area contributed by atoms with E-state index < -0.39 is 0 Å². The predicted molar refractivity (Wildman–Crippen MR) is 53.3 cm³/mol. The normalized spacial score (nSPS) is 15.5. The maximum atomic E-state index is 10.4. The Hall–Kier alpha value is -1.31. The third-order valence-electron chi connectivity index (χ3n) is 2.53. The van der Waals surface area contributed by atoms with Crippen LogP contribution in [-0.4, -0.2) is 19.4 Å². The van der Waals surface area contributed by atoms with Gasteiger partial charge in [-0.15, -0.1) is 0 Å². The Morgan fingerprint density at radius 1 is 1.31 bits per heavy atom. The van der Waals surface area contributed by atoms with Crippen molar-refractivity contribution >= 4 is 12.0 Å². The molecular formula is C11H13NO. The first-order valence-corrected chi connectivity index (χ1v) is 4.59. The summed E-state index contributed by atoms with van der Waals surface area (Å²) >= 11 is 0. The third kappa shape index (κ3) is 1.72. The molecule has 2 rings (SSSR count). The summed E-state index contributed by atoms with van der Waals surface area (Å²) in [5.41, 5.74) is 1.95. The summed E-state index contributed by atoms with van der Waals surface area (Å²) in [6.45, 7) is 0. The molecule has 0 unspecified atom stereocenters. The van der Waals surface area contributed by atoms with Crippen LogP contribution in [0.2, 0.25) is 0 Å². The fourth-order valence-corrected chi connectivity index (χ4v) is 1.46. The topological polar surface area (TPSA) is 20.3 Å². The van der Waals surface area contributed by atoms with Gasteiger partial charge in [0.05, 0.1) is 0 Å². The number of nitrogens with zero attached hydrogens (tertiary/aromatic N) is 1. The molecule has 1 aromatic rings. The van der Waals surface area contributed by atoms with E-state index in [0.717, 1.165) is 17.9 Å². The Labute approximate surface area is 78.2 Å². The minimum atomic E-state index is 0.724. The summed E-state index contributed by atoms with van der Waals surface area (Å²) in [5, 5.41) is 0. The SMILES string of the molecule is CN(c1ccc(C=O)cc1)C1CC1. The fraction of sp³-hybridized carbons (Fsp3) is 0.364. The van der Waals surface area contributed by atoms with Crippen molar-refractivity contribution in [2.24, 2.45) is 0 Å². The second-order valence-electron chi connectivity index (χ2n) is 3.55. The van der Waals surface area contributed by atoms with Crippen LogP contribution in [0.5, 0.6) is 0 Å². The second-order valence-corrected chi connectivity index (χ2v) is 3.55. The van der Waals surface area contributed by atoms with E-state index in [2.05, 4.69) is 11.9 Å². The first-order valence-electron chi connectivity index (χ1n) is 4.59. The van der Waals surface area contributed by atoms with E-state index >= 15 is 0 Å². The molecule has 1 aliphatic carbocycles. The number of benzene rings is 1. The lowest BCUT2D eigenvalue weighted by atomic mass is 10.2. The molecule has 68 valence electrons. The molecule has 0 saturated heterocycles. The highest BCUT2D eigenvalue weighted by Gasteiger charge is 2.26. The van der Waals surface area contributed by atoms with Crippen molar-refractivity contribution < 1.29 is 4.79 Å². The largest absolute Gasteiger partial charge is 0.372 e. The van der Waals surface area contributed by atoms with Crippen LogP contribution >= 0.6 is 0 Å². The highest BCUT2D eigenvalue weighted by Crippen LogP contribution is 2.29. The smallest absolute Gasteiger partial charge is 0.150 e. The molecule has 0 spiro atoms. The van der Waals surface area contributed by atoms with E-state index in [1.54, 1.807) is 0 Å². The average Bonchev–Trinajstić information content (AvgIpc) is 3.00. The lowest BCUT2D eigenvalue weighted by Crippen LogP contribution is -2.19. The van der Waals surface area contributed by atoms with Crippen molar-refractivity contribution in [1.29, 1.82) is 0 Å². The molecule has 0 aromatic heterocycles. The van der Waals surface area contributed by atoms with Gasteiger partial charge in [-0.05, 0) is 37.1 Å². The van der Waals surface area contributed by atoms with Crippen molar-refractivity contribution in [3.05, 3.63) is 29.8 Å². The molecule has 0 amide bonds. The first kappa shape index (κ1) is 8.30. The monoisotopic (exact) mass is 175 g/mol. The van der Waals surface area contributed by atoms with E-state index in [1.807, 2.05) is 24.3 Å². The van der Waals surface area contributed by atoms with Crippen LogP contribution in [0.15, 0.2) is 24.3 Å². The molecule has 0 bridgehead atoms. The molecule has 2 nitrogen and oxygen atoms in total. The molecule has 0 heterocycles. The van der Waals surface area contributed by atoms with Crippen molar-refractivity contribution in [2.75, 3.05) is 11.9 Å². The average molecular weight is 175 g/mol. The van der Waals surface area contributed by atoms with E-state index in [0.29, 0.717) is 0 Å². The number of rotatable bonds is 3. The number of carbonyl (C=O) groups excluding carboxylic acids is 1. The van der Waals surface area contributed by atoms with Crippen LogP contribution < -0.4 is 4.90 Å². The second kappa shape index (κ2) is 3.21. The van der Waals surface area contributed by atoms with Gasteiger partial charge < -0.3 is 4.90 Å². The van der Waals surface area contributed by atoms with Gasteiger partial charge in [0.2, 0.25) is 0 Å². The summed E-state index contributed by atoms with van der Waals surface area (Å²) in [4.78, 5) is 12.7. The molecule has 0 radical (unpaired) electrons. The molecule has 1 aliphatic rings. The van der Waals surface area contributed by atoms with Crippen LogP contribution in [0.25, 0.3) is 0 Å². The summed E-state index contributed by atoms with van der Waals surface area (Å²) in [6.07, 6.45) is 3.47. The quantitative estimate of drug-likeness (QED) is 0.656. The lowest BCUT2D eigenvalue weighted by Gasteiger charge is -2.18. The Bertz CT molecular complexity index is 300. The van der Waals surface area contributed by atoms with Crippen molar-refractivity contribution in [3.8, 4) is 0 Å². The maximum Gasteiger partial charge on any atom is 0.150 e. The summed E-state index contributed by atoms with van der Waals surface area (Å²) < 4.78 is 0. The van der Waals surface area contributed by atoms with Gasteiger partial charge in [-0.1, -0.05) is 0 Å². The minimum absolute atomic E-state index is 0.724. The van der Waals surface area contributed by atoms with Gasteiger partial charge in [-0.2, -0.15) is 0 Å². The van der Waals surface area contributed by atoms with Gasteiger partial charge in [0.25, 0.3) is 0 Å². The van der Waals surface area contributed by atoms with Gasteiger partial charge in [0.15, 0.2) is 0 Å². The van der Waals surface area contributed by atoms with Crippen molar-refractivity contribution in [1.82, 2.24) is 0 Å². The van der Waals surface area contributed by atoms with E-state index in [-0.39, 0.29) is 0 Å². The Morgan fingerprint density at radius 3 is 2.38 bits per heavy atom. The van der Waals surface area contributed by atoms with Crippen LogP contribution in [0, 0.1) is 0 Å². The van der Waals surface area contributed by atoms with E-state index in [4.69, 9.17) is 0 Å². The zero-order valence-corrected chi connectivity index (χ0v) is 7.73. The van der Waals surface area contributed by atoms with Gasteiger partial charge >= 0.3 is 0 Å². The molecule has 0 N–H and O–H groups in total. The maximum absolute atomic E-state index is 10.4. The van der Waals surface area contributed by atoms with Crippen LogP contribution in [0.3, 0.4) is 0 Å². The zero-order valence-electron chi connectivity index (χ0n) is 7.73. The Balaban J connectivity index is 2.16. The van der Waals surface area contributed by atoms with Crippen LogP contribution in [0.4, 0.5) is 5.69 Å². The molecule has 0 atom stereocenters. The lowest BCUT2D eigenvalue weighted by molar-refractivity contribution is 0.112. The predicted octanol–water partition coefficient (Wildman–Crippen LogP) is 2.10. The summed E-state index contributed by atoms with van der Waals surface area (Å²) in [6, 6.07) is 8.45. The summed E-state index contributed by atoms with van der Waals surface area (Å²) in [7, 11) is 2.10. The number of hydrogen-bond donors (Lipinski definition) is 0. The molecule has 0 aliphatic heterocycles. The van der Waals surface area contributed by atoms with Gasteiger partial charge in [0.1, 0.15) is 6.29 Å². The number of aldehydes is 1. The molecule has 1 fully saturated rings. The van der Waals surface area contributed by atoms with E-state index in [1.165, 1.54) is 18.5 Å². The molecule has 13 heavy (non-hydrogen) atoms. The van der Waals surface area contributed by atoms with E-state index in [9.17, 15) is 4.79 Å². The molecule has 1 saturated carbocycles. The molecular weight excluding hydrogens is 162 g/mol. The minimum Gasteiger partial charge on any atom is -0.372 e. The molecule has 1 aromatic carbocycles.